The van der Waals surface area contributed by atoms with Crippen molar-refractivity contribution in [2.24, 2.45) is 0 Å². The third kappa shape index (κ3) is 3.00. The Hall–Kier alpha value is -1.85. The van der Waals surface area contributed by atoms with E-state index in [0.717, 1.165) is 35.9 Å². The van der Waals surface area contributed by atoms with Crippen LogP contribution in [0.15, 0.2) is 30.5 Å². The van der Waals surface area contributed by atoms with Crippen molar-refractivity contribution in [1.82, 2.24) is 4.98 Å². The number of hydrogen-bond acceptors (Lipinski definition) is 4. The predicted octanol–water partition coefficient (Wildman–Crippen LogP) is 2.74. The summed E-state index contributed by atoms with van der Waals surface area (Å²) in [4.78, 5) is 15.9. The first-order valence-electron chi connectivity index (χ1n) is 7.31. The summed E-state index contributed by atoms with van der Waals surface area (Å²) in [5.41, 5.74) is 1.52. The van der Waals surface area contributed by atoms with Crippen LogP contribution >= 0.6 is 11.6 Å². The second-order valence-corrected chi connectivity index (χ2v) is 5.94. The molecule has 1 aromatic carbocycles. The van der Waals surface area contributed by atoms with Gasteiger partial charge in [0.2, 0.25) is 5.91 Å². The summed E-state index contributed by atoms with van der Waals surface area (Å²) in [7, 11) is 0. The quantitative estimate of drug-likeness (QED) is 0.741. The molecule has 0 aliphatic heterocycles. The molecule has 1 heterocycles. The van der Waals surface area contributed by atoms with Crippen LogP contribution in [0.5, 0.6) is 0 Å². The highest BCUT2D eigenvalue weighted by Crippen LogP contribution is 2.34. The van der Waals surface area contributed by atoms with E-state index in [9.17, 15) is 9.90 Å². The number of halogens is 1. The Bertz CT molecular complexity index is 701. The number of carbonyl (C=O) groups is 1. The van der Waals surface area contributed by atoms with Crippen LogP contribution in [0.4, 0.5) is 11.4 Å². The number of para-hydroxylation sites is 1. The highest BCUT2D eigenvalue weighted by molar-refractivity contribution is 6.29. The Morgan fingerprint density at radius 2 is 2.14 bits per heavy atom. The molecule has 116 valence electrons. The maximum Gasteiger partial charge on any atom is 0.239 e. The zero-order valence-electron chi connectivity index (χ0n) is 12.1. The smallest absolute Gasteiger partial charge is 0.239 e. The number of pyridine rings is 1. The molecule has 2 aromatic rings. The summed E-state index contributed by atoms with van der Waals surface area (Å²) in [5.74, 6) is -0.403. The number of rotatable bonds is 5. The lowest BCUT2D eigenvalue weighted by Crippen LogP contribution is -2.43. The fourth-order valence-electron chi connectivity index (χ4n) is 2.62. The molecule has 0 spiro atoms. The average Bonchev–Trinajstić information content (AvgIpc) is 2.51. The fraction of sp³-hybridized carbons (Fsp3) is 0.375. The summed E-state index contributed by atoms with van der Waals surface area (Å²) < 4.78 is 0. The van der Waals surface area contributed by atoms with Gasteiger partial charge in [0.25, 0.3) is 0 Å². The molecule has 0 radical (unpaired) electrons. The number of hydrogen-bond donors (Lipinski definition) is 3. The SMILES string of the molecule is O=C(CCl)Nc1cnc2ccccc2c1NCC1(O)CCC1. The Balaban J connectivity index is 1.94. The summed E-state index contributed by atoms with van der Waals surface area (Å²) >= 11 is 5.56. The minimum atomic E-state index is -0.655. The Morgan fingerprint density at radius 3 is 2.82 bits per heavy atom. The number of amides is 1. The largest absolute Gasteiger partial charge is 0.388 e. The first kappa shape index (κ1) is 15.1. The van der Waals surface area contributed by atoms with Gasteiger partial charge in [0.1, 0.15) is 5.88 Å². The molecule has 6 heteroatoms. The summed E-state index contributed by atoms with van der Waals surface area (Å²) in [6.45, 7) is 0.449. The zero-order chi connectivity index (χ0) is 15.6. The summed E-state index contributed by atoms with van der Waals surface area (Å²) in [5, 5.41) is 17.2. The van der Waals surface area contributed by atoms with Crippen LogP contribution in [-0.4, -0.2) is 34.0 Å². The van der Waals surface area contributed by atoms with Crippen molar-refractivity contribution in [3.8, 4) is 0 Å². The van der Waals surface area contributed by atoms with E-state index in [1.165, 1.54) is 0 Å². The summed E-state index contributed by atoms with van der Waals surface area (Å²) in [6.07, 6.45) is 4.25. The molecule has 1 saturated carbocycles. The van der Waals surface area contributed by atoms with Crippen molar-refractivity contribution >= 4 is 39.8 Å². The van der Waals surface area contributed by atoms with E-state index in [0.29, 0.717) is 12.2 Å². The zero-order valence-corrected chi connectivity index (χ0v) is 12.9. The van der Waals surface area contributed by atoms with Crippen LogP contribution in [0, 0.1) is 0 Å². The van der Waals surface area contributed by atoms with Crippen molar-refractivity contribution in [1.29, 1.82) is 0 Å². The van der Waals surface area contributed by atoms with Crippen LogP contribution in [0.3, 0.4) is 0 Å². The van der Waals surface area contributed by atoms with E-state index in [1.807, 2.05) is 24.3 Å². The number of alkyl halides is 1. The van der Waals surface area contributed by atoms with Gasteiger partial charge in [0, 0.05) is 11.9 Å². The van der Waals surface area contributed by atoms with E-state index >= 15 is 0 Å². The lowest BCUT2D eigenvalue weighted by Gasteiger charge is -2.37. The molecule has 1 aliphatic carbocycles. The standard InChI is InChI=1S/C16H18ClN3O2/c17-8-14(21)20-13-9-18-12-5-2-1-4-11(12)15(13)19-10-16(22)6-3-7-16/h1-2,4-5,9,22H,3,6-8,10H2,(H,18,19)(H,20,21). The van der Waals surface area contributed by atoms with Gasteiger partial charge in [-0.2, -0.15) is 0 Å². The molecule has 3 rings (SSSR count). The second-order valence-electron chi connectivity index (χ2n) is 5.68. The average molecular weight is 320 g/mol. The van der Waals surface area contributed by atoms with Gasteiger partial charge in [-0.3, -0.25) is 9.78 Å². The molecule has 3 N–H and O–H groups in total. The molecule has 0 saturated heterocycles. The number of fused-ring (bicyclic) bond motifs is 1. The van der Waals surface area contributed by atoms with Crippen LogP contribution in [-0.2, 0) is 4.79 Å². The maximum atomic E-state index is 11.6. The van der Waals surface area contributed by atoms with Crippen molar-refractivity contribution in [3.63, 3.8) is 0 Å². The van der Waals surface area contributed by atoms with Gasteiger partial charge in [-0.1, -0.05) is 18.2 Å². The van der Waals surface area contributed by atoms with Crippen LogP contribution in [0.25, 0.3) is 10.9 Å². The first-order chi connectivity index (χ1) is 10.6. The maximum absolute atomic E-state index is 11.6. The van der Waals surface area contributed by atoms with Crippen molar-refractivity contribution in [2.75, 3.05) is 23.1 Å². The van der Waals surface area contributed by atoms with E-state index in [-0.39, 0.29) is 11.8 Å². The van der Waals surface area contributed by atoms with Gasteiger partial charge < -0.3 is 15.7 Å². The van der Waals surface area contributed by atoms with Crippen molar-refractivity contribution < 1.29 is 9.90 Å². The third-order valence-corrected chi connectivity index (χ3v) is 4.29. The van der Waals surface area contributed by atoms with Gasteiger partial charge in [-0.15, -0.1) is 11.6 Å². The van der Waals surface area contributed by atoms with Gasteiger partial charge in [-0.25, -0.2) is 0 Å². The van der Waals surface area contributed by atoms with Crippen molar-refractivity contribution in [2.45, 2.75) is 24.9 Å². The van der Waals surface area contributed by atoms with Crippen LogP contribution in [0.2, 0.25) is 0 Å². The monoisotopic (exact) mass is 319 g/mol. The Labute approximate surface area is 133 Å². The second kappa shape index (κ2) is 6.10. The van der Waals surface area contributed by atoms with Gasteiger partial charge in [0.05, 0.1) is 28.7 Å². The minimum Gasteiger partial charge on any atom is -0.388 e. The number of nitrogens with one attached hydrogen (secondary N) is 2. The molecular weight excluding hydrogens is 302 g/mol. The normalized spacial score (nSPS) is 16.1. The van der Waals surface area contributed by atoms with Crippen LogP contribution < -0.4 is 10.6 Å². The van der Waals surface area contributed by atoms with E-state index < -0.39 is 5.60 Å². The molecule has 1 amide bonds. The Kier molecular flexibility index (Phi) is 4.18. The molecule has 0 unspecified atom stereocenters. The number of aliphatic hydroxyl groups is 1. The predicted molar refractivity (Wildman–Crippen MR) is 88.4 cm³/mol. The van der Waals surface area contributed by atoms with E-state index in [2.05, 4.69) is 15.6 Å². The van der Waals surface area contributed by atoms with Gasteiger partial charge in [-0.05, 0) is 25.3 Å². The highest BCUT2D eigenvalue weighted by Gasteiger charge is 2.34. The molecule has 5 nitrogen and oxygen atoms in total. The number of carbonyl (C=O) groups excluding carboxylic acids is 1. The topological polar surface area (TPSA) is 74.2 Å². The Morgan fingerprint density at radius 1 is 1.36 bits per heavy atom. The number of anilines is 2. The first-order valence-corrected chi connectivity index (χ1v) is 7.85. The molecular formula is C16H18ClN3O2. The lowest BCUT2D eigenvalue weighted by molar-refractivity contribution is -0.113. The van der Waals surface area contributed by atoms with E-state index in [4.69, 9.17) is 11.6 Å². The molecule has 1 aromatic heterocycles. The lowest BCUT2D eigenvalue weighted by atomic mass is 9.80. The number of benzene rings is 1. The van der Waals surface area contributed by atoms with Crippen LogP contribution in [0.1, 0.15) is 19.3 Å². The summed E-state index contributed by atoms with van der Waals surface area (Å²) in [6, 6.07) is 7.67. The van der Waals surface area contributed by atoms with Gasteiger partial charge >= 0.3 is 0 Å². The molecule has 0 atom stereocenters. The van der Waals surface area contributed by atoms with Gasteiger partial charge in [0.15, 0.2) is 0 Å². The molecule has 1 aliphatic rings. The third-order valence-electron chi connectivity index (χ3n) is 4.05. The number of nitrogens with zero attached hydrogens (tertiary/aromatic N) is 1. The fourth-order valence-corrected chi connectivity index (χ4v) is 2.69. The molecule has 1 fully saturated rings. The highest BCUT2D eigenvalue weighted by atomic mass is 35.5. The minimum absolute atomic E-state index is 0.115. The molecule has 22 heavy (non-hydrogen) atoms. The van der Waals surface area contributed by atoms with E-state index in [1.54, 1.807) is 6.20 Å². The van der Waals surface area contributed by atoms with Crippen molar-refractivity contribution in [3.05, 3.63) is 30.5 Å². The molecule has 0 bridgehead atoms. The number of aromatic nitrogens is 1.